The molecule has 2 aromatic rings. The van der Waals surface area contributed by atoms with Gasteiger partial charge in [0.15, 0.2) is 5.58 Å². The summed E-state index contributed by atoms with van der Waals surface area (Å²) in [5, 5.41) is 9.21. The van der Waals surface area contributed by atoms with E-state index in [-0.39, 0.29) is 6.54 Å². The van der Waals surface area contributed by atoms with E-state index in [0.717, 1.165) is 5.52 Å². The van der Waals surface area contributed by atoms with E-state index in [9.17, 15) is 9.90 Å². The van der Waals surface area contributed by atoms with E-state index in [2.05, 4.69) is 0 Å². The molecule has 0 saturated heterocycles. The van der Waals surface area contributed by atoms with Gasteiger partial charge in [0.2, 0.25) is 0 Å². The summed E-state index contributed by atoms with van der Waals surface area (Å²) in [6, 6.07) is 7.16. The lowest BCUT2D eigenvalue weighted by molar-refractivity contribution is 0.171. The molecule has 0 spiro atoms. The number of hydrogen-bond donors (Lipinski definition) is 1. The number of aliphatic hydroxyl groups is 1. The Morgan fingerprint density at radius 2 is 2.21 bits per heavy atom. The Hall–Kier alpha value is -1.55. The maximum absolute atomic E-state index is 11.4. The van der Waals surface area contributed by atoms with Crippen molar-refractivity contribution in [2.75, 3.05) is 0 Å². The third-order valence-electron chi connectivity index (χ3n) is 2.02. The molecule has 1 aromatic carbocycles. The highest BCUT2D eigenvalue weighted by Crippen LogP contribution is 2.11. The maximum atomic E-state index is 11.4. The quantitative estimate of drug-likeness (QED) is 0.773. The summed E-state index contributed by atoms with van der Waals surface area (Å²) in [5.74, 6) is -0.424. The van der Waals surface area contributed by atoms with Gasteiger partial charge < -0.3 is 9.52 Å². The van der Waals surface area contributed by atoms with E-state index in [1.807, 2.05) is 6.07 Å². The van der Waals surface area contributed by atoms with Crippen molar-refractivity contribution in [3.05, 3.63) is 34.8 Å². The Labute approximate surface area is 80.4 Å². The van der Waals surface area contributed by atoms with E-state index in [1.165, 1.54) is 4.57 Å². The first-order valence-corrected chi connectivity index (χ1v) is 4.45. The highest BCUT2D eigenvalue weighted by Gasteiger charge is 2.09. The fourth-order valence-corrected chi connectivity index (χ4v) is 1.45. The van der Waals surface area contributed by atoms with Gasteiger partial charge >= 0.3 is 5.76 Å². The summed E-state index contributed by atoms with van der Waals surface area (Å²) >= 11 is 0. The molecule has 1 unspecified atom stereocenters. The highest BCUT2D eigenvalue weighted by atomic mass is 16.4. The second-order valence-electron chi connectivity index (χ2n) is 3.30. The summed E-state index contributed by atoms with van der Waals surface area (Å²) in [6.07, 6.45) is -0.561. The fraction of sp³-hybridized carbons (Fsp3) is 0.300. The lowest BCUT2D eigenvalue weighted by atomic mass is 10.3. The molecular formula is C10H11NO3. The zero-order valence-electron chi connectivity index (χ0n) is 7.80. The molecule has 0 radical (unpaired) electrons. The van der Waals surface area contributed by atoms with Gasteiger partial charge in [-0.1, -0.05) is 12.1 Å². The minimum Gasteiger partial charge on any atom is -0.408 e. The van der Waals surface area contributed by atoms with Gasteiger partial charge in [0.25, 0.3) is 0 Å². The Morgan fingerprint density at radius 3 is 2.93 bits per heavy atom. The van der Waals surface area contributed by atoms with Crippen molar-refractivity contribution < 1.29 is 9.52 Å². The van der Waals surface area contributed by atoms with Crippen LogP contribution in [0.2, 0.25) is 0 Å². The van der Waals surface area contributed by atoms with E-state index in [1.54, 1.807) is 25.1 Å². The van der Waals surface area contributed by atoms with Crippen molar-refractivity contribution in [1.82, 2.24) is 4.57 Å². The van der Waals surface area contributed by atoms with Crippen LogP contribution in [0.1, 0.15) is 6.92 Å². The molecule has 0 amide bonds. The molecular weight excluding hydrogens is 182 g/mol. The average Bonchev–Trinajstić information content (AvgIpc) is 2.43. The third kappa shape index (κ3) is 1.44. The van der Waals surface area contributed by atoms with Gasteiger partial charge in [-0.3, -0.25) is 4.57 Å². The van der Waals surface area contributed by atoms with Crippen molar-refractivity contribution >= 4 is 11.1 Å². The first kappa shape index (κ1) is 9.02. The Morgan fingerprint density at radius 1 is 1.50 bits per heavy atom. The highest BCUT2D eigenvalue weighted by molar-refractivity contribution is 5.72. The number of rotatable bonds is 2. The van der Waals surface area contributed by atoms with Crippen molar-refractivity contribution in [3.8, 4) is 0 Å². The van der Waals surface area contributed by atoms with Crippen LogP contribution in [0.3, 0.4) is 0 Å². The number of aliphatic hydroxyl groups excluding tert-OH is 1. The lowest BCUT2D eigenvalue weighted by Gasteiger charge is -2.03. The second-order valence-corrected chi connectivity index (χ2v) is 3.30. The SMILES string of the molecule is CC(O)Cn1c(=O)oc2ccccc21. The molecule has 14 heavy (non-hydrogen) atoms. The molecule has 0 aliphatic carbocycles. The molecule has 1 atom stereocenters. The Balaban J connectivity index is 2.62. The minimum absolute atomic E-state index is 0.260. The predicted molar refractivity (Wildman–Crippen MR) is 52.2 cm³/mol. The normalized spacial score (nSPS) is 13.3. The van der Waals surface area contributed by atoms with Crippen LogP contribution in [0.25, 0.3) is 11.1 Å². The van der Waals surface area contributed by atoms with Gasteiger partial charge in [0.05, 0.1) is 18.2 Å². The Bertz CT molecular complexity index is 495. The van der Waals surface area contributed by atoms with Crippen LogP contribution in [0, 0.1) is 0 Å². The molecule has 1 N–H and O–H groups in total. The number of oxazole rings is 1. The molecule has 0 saturated carbocycles. The summed E-state index contributed by atoms with van der Waals surface area (Å²) in [7, 11) is 0. The number of hydrogen-bond acceptors (Lipinski definition) is 3. The largest absolute Gasteiger partial charge is 0.420 e. The lowest BCUT2D eigenvalue weighted by Crippen LogP contribution is -2.21. The fourth-order valence-electron chi connectivity index (χ4n) is 1.45. The first-order chi connectivity index (χ1) is 6.68. The average molecular weight is 193 g/mol. The van der Waals surface area contributed by atoms with Crippen LogP contribution in [0.15, 0.2) is 33.5 Å². The molecule has 74 valence electrons. The van der Waals surface area contributed by atoms with Gasteiger partial charge in [0, 0.05) is 0 Å². The molecule has 0 bridgehead atoms. The number of nitrogens with zero attached hydrogens (tertiary/aromatic N) is 1. The number of aromatic nitrogens is 1. The van der Waals surface area contributed by atoms with Crippen LogP contribution in [-0.4, -0.2) is 15.8 Å². The first-order valence-electron chi connectivity index (χ1n) is 4.45. The zero-order valence-corrected chi connectivity index (χ0v) is 7.80. The predicted octanol–water partition coefficient (Wildman–Crippen LogP) is 0.975. The summed E-state index contributed by atoms with van der Waals surface area (Å²) < 4.78 is 6.43. The van der Waals surface area contributed by atoms with Crippen LogP contribution < -0.4 is 5.76 Å². The van der Waals surface area contributed by atoms with E-state index < -0.39 is 11.9 Å². The molecule has 4 heteroatoms. The van der Waals surface area contributed by atoms with Gasteiger partial charge in [-0.05, 0) is 19.1 Å². The van der Waals surface area contributed by atoms with Crippen molar-refractivity contribution in [1.29, 1.82) is 0 Å². The van der Waals surface area contributed by atoms with Gasteiger partial charge in [-0.25, -0.2) is 4.79 Å². The molecule has 1 aromatic heterocycles. The van der Waals surface area contributed by atoms with Crippen LogP contribution in [0.4, 0.5) is 0 Å². The molecule has 0 aliphatic rings. The number of fused-ring (bicyclic) bond motifs is 1. The molecule has 0 aliphatic heterocycles. The number of benzene rings is 1. The van der Waals surface area contributed by atoms with Crippen molar-refractivity contribution in [2.24, 2.45) is 0 Å². The van der Waals surface area contributed by atoms with Gasteiger partial charge in [-0.2, -0.15) is 0 Å². The second kappa shape index (κ2) is 3.31. The monoisotopic (exact) mass is 193 g/mol. The van der Waals surface area contributed by atoms with E-state index in [0.29, 0.717) is 5.58 Å². The van der Waals surface area contributed by atoms with E-state index >= 15 is 0 Å². The van der Waals surface area contributed by atoms with Gasteiger partial charge in [-0.15, -0.1) is 0 Å². The topological polar surface area (TPSA) is 55.4 Å². The van der Waals surface area contributed by atoms with Crippen LogP contribution in [-0.2, 0) is 6.54 Å². The number of para-hydroxylation sites is 2. The molecule has 2 rings (SSSR count). The van der Waals surface area contributed by atoms with Crippen molar-refractivity contribution in [2.45, 2.75) is 19.6 Å². The summed E-state index contributed by atoms with van der Waals surface area (Å²) in [5.41, 5.74) is 1.27. The molecule has 4 nitrogen and oxygen atoms in total. The Kier molecular flexibility index (Phi) is 2.13. The van der Waals surface area contributed by atoms with Crippen LogP contribution >= 0.6 is 0 Å². The van der Waals surface area contributed by atoms with E-state index in [4.69, 9.17) is 4.42 Å². The van der Waals surface area contributed by atoms with Crippen LogP contribution in [0.5, 0.6) is 0 Å². The molecule has 1 heterocycles. The standard InChI is InChI=1S/C10H11NO3/c1-7(12)6-11-8-4-2-3-5-9(8)14-10(11)13/h2-5,7,12H,6H2,1H3. The minimum atomic E-state index is -0.561. The zero-order chi connectivity index (χ0) is 10.1. The summed E-state index contributed by atoms with van der Waals surface area (Å²) in [6.45, 7) is 1.89. The van der Waals surface area contributed by atoms with Crippen molar-refractivity contribution in [3.63, 3.8) is 0 Å². The summed E-state index contributed by atoms with van der Waals surface area (Å²) in [4.78, 5) is 11.4. The maximum Gasteiger partial charge on any atom is 0.420 e. The third-order valence-corrected chi connectivity index (χ3v) is 2.02. The molecule has 0 fully saturated rings. The smallest absolute Gasteiger partial charge is 0.408 e. The van der Waals surface area contributed by atoms with Gasteiger partial charge in [0.1, 0.15) is 0 Å².